The number of hydrogen-bond acceptors (Lipinski definition) is 0. The van der Waals surface area contributed by atoms with Crippen LogP contribution in [-0.4, -0.2) is 0 Å². The summed E-state index contributed by atoms with van der Waals surface area (Å²) in [5.41, 5.74) is 4.13. The van der Waals surface area contributed by atoms with Gasteiger partial charge in [-0.15, -0.1) is 0 Å². The molecule has 0 heterocycles. The molecule has 0 aliphatic heterocycles. The SMILES string of the molecule is Cc1cc(C)c(I)c(C)c1.[V]. The molecule has 0 spiro atoms. The molecular formula is C9H11IV. The molecule has 0 saturated heterocycles. The molecule has 1 rings (SSSR count). The van der Waals surface area contributed by atoms with Gasteiger partial charge in [-0.1, -0.05) is 17.7 Å². The summed E-state index contributed by atoms with van der Waals surface area (Å²) in [5.74, 6) is 0. The maximum absolute atomic E-state index is 2.39. The molecule has 0 bridgehead atoms. The molecule has 1 radical (unpaired) electrons. The quantitative estimate of drug-likeness (QED) is 0.645. The third kappa shape index (κ3) is 2.81. The van der Waals surface area contributed by atoms with Crippen LogP contribution in [0.3, 0.4) is 0 Å². The molecule has 0 saturated carbocycles. The number of hydrogen-bond donors (Lipinski definition) is 0. The average molecular weight is 297 g/mol. The van der Waals surface area contributed by atoms with Crippen molar-refractivity contribution in [3.8, 4) is 0 Å². The summed E-state index contributed by atoms with van der Waals surface area (Å²) in [7, 11) is 0. The van der Waals surface area contributed by atoms with Crippen LogP contribution in [0.2, 0.25) is 0 Å². The van der Waals surface area contributed by atoms with Crippen molar-refractivity contribution in [3.05, 3.63) is 32.4 Å². The summed E-state index contributed by atoms with van der Waals surface area (Å²) in [6.07, 6.45) is 0. The van der Waals surface area contributed by atoms with Crippen LogP contribution in [0.25, 0.3) is 0 Å². The van der Waals surface area contributed by atoms with E-state index in [1.807, 2.05) is 0 Å². The first-order valence-electron chi connectivity index (χ1n) is 3.34. The van der Waals surface area contributed by atoms with Crippen molar-refractivity contribution in [2.24, 2.45) is 0 Å². The van der Waals surface area contributed by atoms with Crippen LogP contribution in [-0.2, 0) is 18.6 Å². The Balaban J connectivity index is 0.000001000. The maximum Gasteiger partial charge on any atom is 0.0188 e. The van der Waals surface area contributed by atoms with Gasteiger partial charge in [-0.25, -0.2) is 0 Å². The monoisotopic (exact) mass is 297 g/mol. The first-order chi connectivity index (χ1) is 4.61. The summed E-state index contributed by atoms with van der Waals surface area (Å²) in [6, 6.07) is 4.43. The van der Waals surface area contributed by atoms with Crippen molar-refractivity contribution >= 4 is 22.6 Å². The minimum absolute atomic E-state index is 0. The molecule has 0 nitrogen and oxygen atoms in total. The van der Waals surface area contributed by atoms with Crippen LogP contribution in [0.1, 0.15) is 16.7 Å². The van der Waals surface area contributed by atoms with E-state index in [-0.39, 0.29) is 18.6 Å². The average Bonchev–Trinajstić information content (AvgIpc) is 1.82. The molecule has 11 heavy (non-hydrogen) atoms. The third-order valence-electron chi connectivity index (χ3n) is 1.58. The molecule has 0 atom stereocenters. The van der Waals surface area contributed by atoms with Gasteiger partial charge in [0.25, 0.3) is 0 Å². The molecule has 0 aromatic heterocycles. The topological polar surface area (TPSA) is 0 Å². The molecule has 0 N–H and O–H groups in total. The second kappa shape index (κ2) is 4.53. The van der Waals surface area contributed by atoms with Crippen molar-refractivity contribution in [2.75, 3.05) is 0 Å². The van der Waals surface area contributed by atoms with Gasteiger partial charge in [-0.05, 0) is 54.5 Å². The molecule has 1 aromatic carbocycles. The van der Waals surface area contributed by atoms with Gasteiger partial charge in [0.2, 0.25) is 0 Å². The molecule has 0 fully saturated rings. The van der Waals surface area contributed by atoms with Gasteiger partial charge < -0.3 is 0 Å². The van der Waals surface area contributed by atoms with Crippen LogP contribution in [0, 0.1) is 24.3 Å². The second-order valence-electron chi connectivity index (χ2n) is 2.71. The van der Waals surface area contributed by atoms with Crippen molar-refractivity contribution in [1.29, 1.82) is 0 Å². The largest absolute Gasteiger partial charge is 0.0553 e. The fraction of sp³-hybridized carbons (Fsp3) is 0.333. The Bertz CT molecular complexity index is 233. The van der Waals surface area contributed by atoms with E-state index in [0.29, 0.717) is 0 Å². The van der Waals surface area contributed by atoms with E-state index in [1.54, 1.807) is 0 Å². The molecule has 59 valence electrons. The Kier molecular flexibility index (Phi) is 4.75. The van der Waals surface area contributed by atoms with Gasteiger partial charge in [-0.2, -0.15) is 0 Å². The molecule has 0 amide bonds. The zero-order valence-electron chi connectivity index (χ0n) is 6.98. The van der Waals surface area contributed by atoms with Gasteiger partial charge >= 0.3 is 0 Å². The summed E-state index contributed by atoms with van der Waals surface area (Å²) in [6.45, 7) is 6.44. The predicted molar refractivity (Wildman–Crippen MR) is 53.4 cm³/mol. The molecule has 2 heteroatoms. The molecule has 0 aliphatic carbocycles. The third-order valence-corrected chi connectivity index (χ3v) is 3.28. The van der Waals surface area contributed by atoms with Crippen molar-refractivity contribution < 1.29 is 18.6 Å². The van der Waals surface area contributed by atoms with Gasteiger partial charge in [-0.3, -0.25) is 0 Å². The zero-order valence-corrected chi connectivity index (χ0v) is 10.5. The predicted octanol–water partition coefficient (Wildman–Crippen LogP) is 3.21. The Labute approximate surface area is 93.8 Å². The summed E-state index contributed by atoms with van der Waals surface area (Å²) < 4.78 is 1.39. The Morgan fingerprint density at radius 1 is 1.00 bits per heavy atom. The van der Waals surface area contributed by atoms with Gasteiger partial charge in [0.15, 0.2) is 0 Å². The molecule has 1 aromatic rings. The van der Waals surface area contributed by atoms with Gasteiger partial charge in [0.1, 0.15) is 0 Å². The Morgan fingerprint density at radius 3 is 1.73 bits per heavy atom. The maximum atomic E-state index is 2.39. The van der Waals surface area contributed by atoms with E-state index in [0.717, 1.165) is 0 Å². The van der Waals surface area contributed by atoms with E-state index in [2.05, 4.69) is 55.5 Å². The fourth-order valence-electron chi connectivity index (χ4n) is 1.16. The number of rotatable bonds is 0. The fourth-order valence-corrected chi connectivity index (χ4v) is 1.47. The van der Waals surface area contributed by atoms with E-state index < -0.39 is 0 Å². The Hall–Kier alpha value is 0.534. The Morgan fingerprint density at radius 2 is 1.36 bits per heavy atom. The number of aryl methyl sites for hydroxylation is 3. The van der Waals surface area contributed by atoms with Crippen LogP contribution in [0.4, 0.5) is 0 Å². The van der Waals surface area contributed by atoms with E-state index in [9.17, 15) is 0 Å². The van der Waals surface area contributed by atoms with Crippen LogP contribution < -0.4 is 0 Å². The molecule has 0 unspecified atom stereocenters. The van der Waals surface area contributed by atoms with Crippen molar-refractivity contribution in [3.63, 3.8) is 0 Å². The molecule has 0 aliphatic rings. The van der Waals surface area contributed by atoms with Crippen LogP contribution >= 0.6 is 22.6 Å². The normalized spacial score (nSPS) is 9.09. The van der Waals surface area contributed by atoms with E-state index in [4.69, 9.17) is 0 Å². The second-order valence-corrected chi connectivity index (χ2v) is 3.79. The zero-order chi connectivity index (χ0) is 7.72. The van der Waals surface area contributed by atoms with E-state index >= 15 is 0 Å². The van der Waals surface area contributed by atoms with Crippen LogP contribution in [0.5, 0.6) is 0 Å². The first-order valence-corrected chi connectivity index (χ1v) is 4.42. The van der Waals surface area contributed by atoms with Crippen molar-refractivity contribution in [1.82, 2.24) is 0 Å². The summed E-state index contributed by atoms with van der Waals surface area (Å²) in [5, 5.41) is 0. The minimum Gasteiger partial charge on any atom is -0.0553 e. The standard InChI is InChI=1S/C9H11I.V/c1-6-4-7(2)9(10)8(3)5-6;/h4-5H,1-3H3;. The van der Waals surface area contributed by atoms with Crippen molar-refractivity contribution in [2.45, 2.75) is 20.8 Å². The number of benzene rings is 1. The molecular weight excluding hydrogens is 286 g/mol. The van der Waals surface area contributed by atoms with Crippen LogP contribution in [0.15, 0.2) is 12.1 Å². The van der Waals surface area contributed by atoms with E-state index in [1.165, 1.54) is 20.3 Å². The summed E-state index contributed by atoms with van der Waals surface area (Å²) in [4.78, 5) is 0. The summed E-state index contributed by atoms with van der Waals surface area (Å²) >= 11 is 2.39. The van der Waals surface area contributed by atoms with Gasteiger partial charge in [0.05, 0.1) is 0 Å². The smallest absolute Gasteiger partial charge is 0.0188 e. The first kappa shape index (κ1) is 11.5. The van der Waals surface area contributed by atoms with Gasteiger partial charge in [0, 0.05) is 22.1 Å². The minimum atomic E-state index is 0. The number of halogens is 1.